The molecule has 2 nitrogen and oxygen atoms in total. The number of allylic oxidation sites excluding steroid dienone is 1. The van der Waals surface area contributed by atoms with Gasteiger partial charge in [0.25, 0.3) is 0 Å². The molecule has 0 amide bonds. The minimum Gasteiger partial charge on any atom is -0.490 e. The van der Waals surface area contributed by atoms with Gasteiger partial charge in [-0.3, -0.25) is 0 Å². The smallest absolute Gasteiger partial charge is 0.130 e. The molecule has 0 unspecified atom stereocenters. The summed E-state index contributed by atoms with van der Waals surface area (Å²) in [5, 5.41) is 8.50. The molecule has 0 radical (unpaired) electrons. The van der Waals surface area contributed by atoms with E-state index in [2.05, 4.69) is 12.6 Å². The van der Waals surface area contributed by atoms with Crippen molar-refractivity contribution in [3.8, 4) is 6.07 Å². The normalized spacial score (nSPS) is 11.3. The highest BCUT2D eigenvalue weighted by Gasteiger charge is 2.00. The maximum atomic E-state index is 8.50. The number of hydrogen-bond donors (Lipinski definition) is 1. The van der Waals surface area contributed by atoms with Crippen LogP contribution in [0.2, 0.25) is 0 Å². The molecule has 0 atom stereocenters. The quantitative estimate of drug-likeness (QED) is 0.294. The van der Waals surface area contributed by atoms with Gasteiger partial charge in [0.2, 0.25) is 0 Å². The fourth-order valence-electron chi connectivity index (χ4n) is 0.419. The number of ether oxygens (including phenoxy) is 1. The van der Waals surface area contributed by atoms with Crippen LogP contribution >= 0.6 is 12.6 Å². The molecule has 0 aliphatic rings. The van der Waals surface area contributed by atoms with Crippen molar-refractivity contribution in [2.75, 3.05) is 5.94 Å². The third kappa shape index (κ3) is 3.41. The number of nitrogens with zero attached hydrogens (tertiary/aromatic N) is 1. The highest BCUT2D eigenvalue weighted by atomic mass is 32.1. The number of thiol groups is 1. The second-order valence-corrected chi connectivity index (χ2v) is 2.39. The molecule has 0 aromatic carbocycles. The first-order valence-electron chi connectivity index (χ1n) is 3.05. The first-order chi connectivity index (χ1) is 4.72. The zero-order valence-electron chi connectivity index (χ0n) is 6.16. The van der Waals surface area contributed by atoms with E-state index in [9.17, 15) is 0 Å². The predicted molar refractivity (Wildman–Crippen MR) is 43.5 cm³/mol. The Morgan fingerprint density at radius 2 is 2.40 bits per heavy atom. The molecule has 0 rings (SSSR count). The second kappa shape index (κ2) is 5.19. The molecule has 0 aromatic heterocycles. The molecule has 56 valence electrons. The van der Waals surface area contributed by atoms with Gasteiger partial charge in [-0.05, 0) is 5.92 Å². The maximum Gasteiger partial charge on any atom is 0.130 e. The Kier molecular flexibility index (Phi) is 4.87. The fourth-order valence-corrected chi connectivity index (χ4v) is 0.493. The van der Waals surface area contributed by atoms with Gasteiger partial charge in [0.15, 0.2) is 0 Å². The van der Waals surface area contributed by atoms with Crippen LogP contribution < -0.4 is 0 Å². The lowest BCUT2D eigenvalue weighted by Crippen LogP contribution is -1.91. The zero-order chi connectivity index (χ0) is 7.98. The average Bonchev–Trinajstić information content (AvgIpc) is 1.89. The second-order valence-electron chi connectivity index (χ2n) is 2.14. The Labute approximate surface area is 66.9 Å². The molecule has 0 aliphatic carbocycles. The van der Waals surface area contributed by atoms with E-state index in [1.165, 1.54) is 6.26 Å². The topological polar surface area (TPSA) is 33.0 Å². The molecule has 0 saturated heterocycles. The SMILES string of the molecule is CC(C)C(C#N)=COCS. The Morgan fingerprint density at radius 1 is 1.80 bits per heavy atom. The van der Waals surface area contributed by atoms with Crippen molar-refractivity contribution < 1.29 is 4.74 Å². The van der Waals surface area contributed by atoms with Gasteiger partial charge < -0.3 is 4.74 Å². The largest absolute Gasteiger partial charge is 0.490 e. The van der Waals surface area contributed by atoms with Gasteiger partial charge in [0.05, 0.1) is 17.9 Å². The van der Waals surface area contributed by atoms with Crippen LogP contribution in [0.25, 0.3) is 0 Å². The lowest BCUT2D eigenvalue weighted by molar-refractivity contribution is 0.313. The van der Waals surface area contributed by atoms with Crippen LogP contribution in [0.3, 0.4) is 0 Å². The van der Waals surface area contributed by atoms with Crippen LogP contribution in [-0.4, -0.2) is 5.94 Å². The van der Waals surface area contributed by atoms with Crippen LogP contribution in [0.15, 0.2) is 11.8 Å². The van der Waals surface area contributed by atoms with Gasteiger partial charge in [-0.15, -0.1) is 12.6 Å². The zero-order valence-corrected chi connectivity index (χ0v) is 7.06. The highest BCUT2D eigenvalue weighted by molar-refractivity contribution is 7.80. The van der Waals surface area contributed by atoms with Crippen LogP contribution in [0.1, 0.15) is 13.8 Å². The fraction of sp³-hybridized carbons (Fsp3) is 0.571. The molecule has 0 bridgehead atoms. The standard InChI is InChI=1S/C7H11NOS/c1-6(2)7(3-8)4-9-5-10/h4,6,10H,5H2,1-2H3. The van der Waals surface area contributed by atoms with E-state index in [0.29, 0.717) is 11.5 Å². The Balaban J connectivity index is 3.95. The Hall–Kier alpha value is -0.620. The summed E-state index contributed by atoms with van der Waals surface area (Å²) in [7, 11) is 0. The Morgan fingerprint density at radius 3 is 2.70 bits per heavy atom. The molecule has 0 N–H and O–H groups in total. The summed E-state index contributed by atoms with van der Waals surface area (Å²) in [4.78, 5) is 0. The molecule has 0 fully saturated rings. The third-order valence-electron chi connectivity index (χ3n) is 1.04. The molecular weight excluding hydrogens is 146 g/mol. The molecular formula is C7H11NOS. The predicted octanol–water partition coefficient (Wildman–Crippen LogP) is 1.95. The minimum atomic E-state index is 0.227. The van der Waals surface area contributed by atoms with E-state index in [-0.39, 0.29) is 5.92 Å². The van der Waals surface area contributed by atoms with Crippen molar-refractivity contribution in [2.45, 2.75) is 13.8 Å². The number of rotatable bonds is 3. The van der Waals surface area contributed by atoms with Gasteiger partial charge in [-0.25, -0.2) is 0 Å². The molecule has 0 spiro atoms. The summed E-state index contributed by atoms with van der Waals surface area (Å²) in [6, 6.07) is 2.04. The van der Waals surface area contributed by atoms with Crippen molar-refractivity contribution in [2.24, 2.45) is 5.92 Å². The number of nitriles is 1. The lowest BCUT2D eigenvalue weighted by Gasteiger charge is -2.00. The lowest BCUT2D eigenvalue weighted by atomic mass is 10.1. The highest BCUT2D eigenvalue weighted by Crippen LogP contribution is 2.07. The minimum absolute atomic E-state index is 0.227. The summed E-state index contributed by atoms with van der Waals surface area (Å²) in [5.41, 5.74) is 0.647. The molecule has 10 heavy (non-hydrogen) atoms. The van der Waals surface area contributed by atoms with E-state index in [0.717, 1.165) is 0 Å². The van der Waals surface area contributed by atoms with Gasteiger partial charge >= 0.3 is 0 Å². The Bertz CT molecular complexity index is 157. The summed E-state index contributed by atoms with van der Waals surface area (Å²) >= 11 is 3.83. The summed E-state index contributed by atoms with van der Waals surface area (Å²) < 4.78 is 4.83. The molecule has 0 saturated carbocycles. The summed E-state index contributed by atoms with van der Waals surface area (Å²) in [5.74, 6) is 0.544. The van der Waals surface area contributed by atoms with Crippen molar-refractivity contribution in [1.82, 2.24) is 0 Å². The van der Waals surface area contributed by atoms with E-state index in [1.54, 1.807) is 0 Å². The van der Waals surface area contributed by atoms with Crippen molar-refractivity contribution >= 4 is 12.6 Å². The van der Waals surface area contributed by atoms with Gasteiger partial charge in [0, 0.05) is 0 Å². The van der Waals surface area contributed by atoms with Gasteiger partial charge in [-0.2, -0.15) is 5.26 Å². The molecule has 0 aliphatic heterocycles. The van der Waals surface area contributed by atoms with E-state index < -0.39 is 0 Å². The van der Waals surface area contributed by atoms with Crippen molar-refractivity contribution in [3.63, 3.8) is 0 Å². The van der Waals surface area contributed by atoms with Crippen LogP contribution in [0.5, 0.6) is 0 Å². The van der Waals surface area contributed by atoms with Gasteiger partial charge in [-0.1, -0.05) is 13.8 Å². The van der Waals surface area contributed by atoms with Gasteiger partial charge in [0.1, 0.15) is 5.94 Å². The summed E-state index contributed by atoms with van der Waals surface area (Å²) in [6.45, 7) is 3.88. The van der Waals surface area contributed by atoms with E-state index in [1.807, 2.05) is 19.9 Å². The molecule has 0 heterocycles. The van der Waals surface area contributed by atoms with Crippen LogP contribution in [0, 0.1) is 17.2 Å². The van der Waals surface area contributed by atoms with Crippen molar-refractivity contribution in [3.05, 3.63) is 11.8 Å². The first-order valence-corrected chi connectivity index (χ1v) is 3.68. The molecule has 3 heteroatoms. The average molecular weight is 157 g/mol. The van der Waals surface area contributed by atoms with Crippen molar-refractivity contribution in [1.29, 1.82) is 5.26 Å². The first kappa shape index (κ1) is 9.38. The van der Waals surface area contributed by atoms with Crippen LogP contribution in [0.4, 0.5) is 0 Å². The molecule has 0 aromatic rings. The van der Waals surface area contributed by atoms with E-state index >= 15 is 0 Å². The third-order valence-corrected chi connectivity index (χ3v) is 1.19. The monoisotopic (exact) mass is 157 g/mol. The van der Waals surface area contributed by atoms with E-state index in [4.69, 9.17) is 10.00 Å². The summed E-state index contributed by atoms with van der Waals surface area (Å²) in [6.07, 6.45) is 1.46. The van der Waals surface area contributed by atoms with Crippen LogP contribution in [-0.2, 0) is 4.74 Å². The number of hydrogen-bond acceptors (Lipinski definition) is 3. The maximum absolute atomic E-state index is 8.50.